The van der Waals surface area contributed by atoms with Gasteiger partial charge in [0.2, 0.25) is 0 Å². The van der Waals surface area contributed by atoms with Crippen molar-refractivity contribution in [1.82, 2.24) is 5.32 Å². The van der Waals surface area contributed by atoms with Crippen molar-refractivity contribution >= 4 is 5.91 Å². The van der Waals surface area contributed by atoms with Crippen LogP contribution in [0.2, 0.25) is 0 Å². The van der Waals surface area contributed by atoms with Crippen LogP contribution >= 0.6 is 0 Å². The molecule has 1 N–H and O–H groups in total. The molecule has 1 atom stereocenters. The zero-order chi connectivity index (χ0) is 16.1. The molecule has 2 aromatic carbocycles. The molecule has 3 nitrogen and oxygen atoms in total. The Morgan fingerprint density at radius 1 is 1.18 bits per heavy atom. The molecule has 116 valence electrons. The van der Waals surface area contributed by atoms with E-state index in [2.05, 4.69) is 18.3 Å². The molecule has 4 heteroatoms. The Bertz CT molecular complexity index is 670. The number of amides is 1. The lowest BCUT2D eigenvalue weighted by atomic mass is 10.0. The van der Waals surface area contributed by atoms with Crippen LogP contribution in [-0.2, 0) is 4.79 Å². The third-order valence-corrected chi connectivity index (χ3v) is 3.57. The summed E-state index contributed by atoms with van der Waals surface area (Å²) in [6.07, 6.45) is 0. The molecule has 0 bridgehead atoms. The molecular formula is C18H20FNO2. The van der Waals surface area contributed by atoms with Gasteiger partial charge in [-0.2, -0.15) is 0 Å². The maximum Gasteiger partial charge on any atom is 0.258 e. The van der Waals surface area contributed by atoms with Crippen molar-refractivity contribution in [2.75, 3.05) is 6.61 Å². The fourth-order valence-corrected chi connectivity index (χ4v) is 2.11. The number of carbonyl (C=O) groups excluding carboxylic acids is 1. The number of halogens is 1. The SMILES string of the molecule is Cc1ccc([C@H](C)NC(=O)COc2cccc(F)c2)cc1C. The molecular weight excluding hydrogens is 281 g/mol. The maximum absolute atomic E-state index is 13.0. The number of rotatable bonds is 5. The first-order chi connectivity index (χ1) is 10.5. The molecule has 2 rings (SSSR count). The molecule has 0 spiro atoms. The van der Waals surface area contributed by atoms with Gasteiger partial charge in [0.05, 0.1) is 6.04 Å². The van der Waals surface area contributed by atoms with E-state index in [4.69, 9.17) is 4.74 Å². The number of nitrogens with one attached hydrogen (secondary N) is 1. The predicted molar refractivity (Wildman–Crippen MR) is 84.4 cm³/mol. The quantitative estimate of drug-likeness (QED) is 0.914. The van der Waals surface area contributed by atoms with E-state index >= 15 is 0 Å². The Morgan fingerprint density at radius 3 is 2.64 bits per heavy atom. The fraction of sp³-hybridized carbons (Fsp3) is 0.278. The summed E-state index contributed by atoms with van der Waals surface area (Å²) in [5.41, 5.74) is 3.45. The lowest BCUT2D eigenvalue weighted by molar-refractivity contribution is -0.123. The third-order valence-electron chi connectivity index (χ3n) is 3.57. The number of aryl methyl sites for hydroxylation is 2. The molecule has 1 amide bonds. The van der Waals surface area contributed by atoms with Crippen LogP contribution in [0.3, 0.4) is 0 Å². The van der Waals surface area contributed by atoms with Crippen molar-refractivity contribution in [2.45, 2.75) is 26.8 Å². The van der Waals surface area contributed by atoms with Crippen molar-refractivity contribution in [3.63, 3.8) is 0 Å². The second-order valence-corrected chi connectivity index (χ2v) is 5.38. The Balaban J connectivity index is 1.89. The normalized spacial score (nSPS) is 11.8. The van der Waals surface area contributed by atoms with Crippen LogP contribution in [-0.4, -0.2) is 12.5 Å². The van der Waals surface area contributed by atoms with Crippen LogP contribution in [0.15, 0.2) is 42.5 Å². The largest absolute Gasteiger partial charge is 0.484 e. The monoisotopic (exact) mass is 301 g/mol. The minimum absolute atomic E-state index is 0.108. The van der Waals surface area contributed by atoms with Crippen LogP contribution in [0.4, 0.5) is 4.39 Å². The number of hydrogen-bond donors (Lipinski definition) is 1. The number of carbonyl (C=O) groups is 1. The summed E-state index contributed by atoms with van der Waals surface area (Å²) in [4.78, 5) is 11.9. The highest BCUT2D eigenvalue weighted by Crippen LogP contribution is 2.17. The Labute approximate surface area is 130 Å². The molecule has 0 radical (unpaired) electrons. The zero-order valence-electron chi connectivity index (χ0n) is 13.0. The summed E-state index contributed by atoms with van der Waals surface area (Å²) in [5.74, 6) is -0.287. The minimum Gasteiger partial charge on any atom is -0.484 e. The van der Waals surface area contributed by atoms with Crippen molar-refractivity contribution in [2.24, 2.45) is 0 Å². The van der Waals surface area contributed by atoms with E-state index in [0.29, 0.717) is 5.75 Å². The van der Waals surface area contributed by atoms with Gasteiger partial charge in [-0.3, -0.25) is 4.79 Å². The molecule has 0 unspecified atom stereocenters. The summed E-state index contributed by atoms with van der Waals surface area (Å²) in [6.45, 7) is 5.87. The summed E-state index contributed by atoms with van der Waals surface area (Å²) in [5, 5.41) is 2.87. The number of hydrogen-bond acceptors (Lipinski definition) is 2. The Kier molecular flexibility index (Phi) is 5.15. The van der Waals surface area contributed by atoms with Gasteiger partial charge in [0.15, 0.2) is 6.61 Å². The molecule has 0 aliphatic carbocycles. The predicted octanol–water partition coefficient (Wildman–Crippen LogP) is 3.70. The van der Waals surface area contributed by atoms with Crippen molar-refractivity contribution in [3.05, 3.63) is 65.0 Å². The standard InChI is InChI=1S/C18H20FNO2/c1-12-7-8-15(9-13(12)2)14(3)20-18(21)11-22-17-6-4-5-16(19)10-17/h4-10,14H,11H2,1-3H3,(H,20,21)/t14-/m0/s1. The topological polar surface area (TPSA) is 38.3 Å². The van der Waals surface area contributed by atoms with E-state index in [-0.39, 0.29) is 24.4 Å². The van der Waals surface area contributed by atoms with Gasteiger partial charge >= 0.3 is 0 Å². The Morgan fingerprint density at radius 2 is 1.95 bits per heavy atom. The van der Waals surface area contributed by atoms with Crippen molar-refractivity contribution in [3.8, 4) is 5.75 Å². The summed E-state index contributed by atoms with van der Waals surface area (Å²) in [6, 6.07) is 11.7. The number of benzene rings is 2. The molecule has 2 aromatic rings. The van der Waals surface area contributed by atoms with Crippen LogP contribution in [0.1, 0.15) is 29.7 Å². The molecule has 0 saturated carbocycles. The van der Waals surface area contributed by atoms with Gasteiger partial charge < -0.3 is 10.1 Å². The average Bonchev–Trinajstić information content (AvgIpc) is 2.48. The van der Waals surface area contributed by atoms with Crippen LogP contribution in [0.5, 0.6) is 5.75 Å². The van der Waals surface area contributed by atoms with Gasteiger partial charge in [-0.25, -0.2) is 4.39 Å². The zero-order valence-corrected chi connectivity index (χ0v) is 13.0. The smallest absolute Gasteiger partial charge is 0.258 e. The Hall–Kier alpha value is -2.36. The lowest BCUT2D eigenvalue weighted by Crippen LogP contribution is -2.31. The summed E-state index contributed by atoms with van der Waals surface area (Å²) in [7, 11) is 0. The van der Waals surface area contributed by atoms with Crippen LogP contribution < -0.4 is 10.1 Å². The maximum atomic E-state index is 13.0. The first kappa shape index (κ1) is 16.0. The van der Waals surface area contributed by atoms with E-state index in [0.717, 1.165) is 5.56 Å². The molecule has 0 saturated heterocycles. The van der Waals surface area contributed by atoms with Gasteiger partial charge in [-0.15, -0.1) is 0 Å². The first-order valence-electron chi connectivity index (χ1n) is 7.20. The van der Waals surface area contributed by atoms with E-state index < -0.39 is 0 Å². The molecule has 0 aliphatic rings. The minimum atomic E-state index is -0.388. The van der Waals surface area contributed by atoms with E-state index in [1.807, 2.05) is 26.0 Å². The second kappa shape index (κ2) is 7.07. The van der Waals surface area contributed by atoms with Crippen LogP contribution in [0, 0.1) is 19.7 Å². The molecule has 22 heavy (non-hydrogen) atoms. The van der Waals surface area contributed by atoms with Crippen LogP contribution in [0.25, 0.3) is 0 Å². The van der Waals surface area contributed by atoms with Crippen molar-refractivity contribution in [1.29, 1.82) is 0 Å². The average molecular weight is 301 g/mol. The molecule has 0 aromatic heterocycles. The van der Waals surface area contributed by atoms with E-state index in [1.165, 1.54) is 23.3 Å². The fourth-order valence-electron chi connectivity index (χ4n) is 2.11. The second-order valence-electron chi connectivity index (χ2n) is 5.38. The number of ether oxygens (including phenoxy) is 1. The molecule has 0 aliphatic heterocycles. The first-order valence-corrected chi connectivity index (χ1v) is 7.20. The third kappa shape index (κ3) is 4.32. The summed E-state index contributed by atoms with van der Waals surface area (Å²) < 4.78 is 18.3. The van der Waals surface area contributed by atoms with Crippen molar-refractivity contribution < 1.29 is 13.9 Å². The van der Waals surface area contributed by atoms with Gasteiger partial charge in [0, 0.05) is 6.07 Å². The highest BCUT2D eigenvalue weighted by molar-refractivity contribution is 5.78. The highest BCUT2D eigenvalue weighted by Gasteiger charge is 2.11. The highest BCUT2D eigenvalue weighted by atomic mass is 19.1. The van der Waals surface area contributed by atoms with E-state index in [1.54, 1.807) is 12.1 Å². The van der Waals surface area contributed by atoms with E-state index in [9.17, 15) is 9.18 Å². The lowest BCUT2D eigenvalue weighted by Gasteiger charge is -2.16. The summed E-state index contributed by atoms with van der Waals surface area (Å²) >= 11 is 0. The van der Waals surface area contributed by atoms with Gasteiger partial charge in [0.1, 0.15) is 11.6 Å². The van der Waals surface area contributed by atoms with Gasteiger partial charge in [0.25, 0.3) is 5.91 Å². The van der Waals surface area contributed by atoms with Gasteiger partial charge in [-0.05, 0) is 49.6 Å². The molecule has 0 heterocycles. The molecule has 0 fully saturated rings. The van der Waals surface area contributed by atoms with Gasteiger partial charge in [-0.1, -0.05) is 24.3 Å².